The molecule has 110 valence electrons. The largest absolute Gasteiger partial charge is 0.481 e. The van der Waals surface area contributed by atoms with E-state index < -0.39 is 36.5 Å². The van der Waals surface area contributed by atoms with Crippen molar-refractivity contribution in [2.75, 3.05) is 13.6 Å². The van der Waals surface area contributed by atoms with Gasteiger partial charge in [0.2, 0.25) is 5.91 Å². The second-order valence-electron chi connectivity index (χ2n) is 4.23. The minimum atomic E-state index is -4.55. The van der Waals surface area contributed by atoms with E-state index >= 15 is 0 Å². The number of aliphatic carboxylic acids is 1. The summed E-state index contributed by atoms with van der Waals surface area (Å²) in [6.45, 7) is 0.00833. The van der Waals surface area contributed by atoms with Crippen molar-refractivity contribution in [1.29, 1.82) is 0 Å². The molecule has 0 radical (unpaired) electrons. The van der Waals surface area contributed by atoms with Crippen LogP contribution in [0.25, 0.3) is 0 Å². The van der Waals surface area contributed by atoms with Gasteiger partial charge in [-0.2, -0.15) is 13.2 Å². The molecule has 0 spiro atoms. The Morgan fingerprint density at radius 3 is 2.21 bits per heavy atom. The van der Waals surface area contributed by atoms with Crippen molar-refractivity contribution in [1.82, 2.24) is 10.2 Å². The Kier molecular flexibility index (Phi) is 6.30. The van der Waals surface area contributed by atoms with Gasteiger partial charge in [-0.05, 0) is 5.92 Å². The average molecular weight is 284 g/mol. The van der Waals surface area contributed by atoms with Crippen LogP contribution in [-0.4, -0.2) is 47.7 Å². The van der Waals surface area contributed by atoms with Gasteiger partial charge in [0.25, 0.3) is 0 Å². The number of carboxylic acid groups (broad SMARTS) is 1. The van der Waals surface area contributed by atoms with Gasteiger partial charge in [-0.15, -0.1) is 0 Å². The van der Waals surface area contributed by atoms with Crippen LogP contribution in [0.2, 0.25) is 0 Å². The second-order valence-corrected chi connectivity index (χ2v) is 4.23. The summed E-state index contributed by atoms with van der Waals surface area (Å²) in [5.74, 6) is -2.42. The third-order valence-corrected chi connectivity index (χ3v) is 2.07. The van der Waals surface area contributed by atoms with E-state index in [0.29, 0.717) is 4.90 Å². The molecule has 0 aromatic carbocycles. The number of hydrogen-bond acceptors (Lipinski definition) is 3. The molecule has 0 rings (SSSR count). The second kappa shape index (κ2) is 6.95. The number of carbonyl (C=O) groups excluding carboxylic acids is 2. The molecular weight excluding hydrogens is 269 g/mol. The zero-order chi connectivity index (χ0) is 15.2. The predicted octanol–water partition coefficient (Wildman–Crippen LogP) is 1.22. The molecular formula is C10H15F3N2O4. The number of rotatable bonds is 5. The van der Waals surface area contributed by atoms with Crippen LogP contribution < -0.4 is 5.32 Å². The lowest BCUT2D eigenvalue weighted by atomic mass is 10.0. The fourth-order valence-electron chi connectivity index (χ4n) is 1.29. The molecule has 3 amide bonds. The van der Waals surface area contributed by atoms with E-state index in [1.165, 1.54) is 6.92 Å². The standard InChI is InChI=1S/C10H15F3N2O4/c1-6(4-8(17)18)3-7(16)14-9(19)15(2)5-10(11,12)13/h6H,3-5H2,1-2H3,(H,17,18)(H,14,16,19). The summed E-state index contributed by atoms with van der Waals surface area (Å²) in [6.07, 6.45) is -5.07. The van der Waals surface area contributed by atoms with Crippen LogP contribution in [-0.2, 0) is 9.59 Å². The number of amides is 3. The summed E-state index contributed by atoms with van der Waals surface area (Å²) >= 11 is 0. The molecule has 0 aliphatic rings. The highest BCUT2D eigenvalue weighted by Gasteiger charge is 2.31. The summed E-state index contributed by atoms with van der Waals surface area (Å²) in [5, 5.41) is 10.2. The van der Waals surface area contributed by atoms with Crippen LogP contribution in [0.4, 0.5) is 18.0 Å². The van der Waals surface area contributed by atoms with Crippen molar-refractivity contribution in [3.63, 3.8) is 0 Å². The van der Waals surface area contributed by atoms with Gasteiger partial charge in [0, 0.05) is 19.9 Å². The minimum Gasteiger partial charge on any atom is -0.481 e. The van der Waals surface area contributed by atoms with Crippen molar-refractivity contribution in [2.24, 2.45) is 5.92 Å². The SMILES string of the molecule is CC(CC(=O)O)CC(=O)NC(=O)N(C)CC(F)(F)F. The maximum absolute atomic E-state index is 12.0. The molecule has 0 aliphatic heterocycles. The minimum absolute atomic E-state index is 0.252. The zero-order valence-electron chi connectivity index (χ0n) is 10.5. The van der Waals surface area contributed by atoms with Gasteiger partial charge in [-0.25, -0.2) is 4.79 Å². The summed E-state index contributed by atoms with van der Waals surface area (Å²) in [5.41, 5.74) is 0. The van der Waals surface area contributed by atoms with Gasteiger partial charge >= 0.3 is 18.2 Å². The van der Waals surface area contributed by atoms with Gasteiger partial charge in [0.15, 0.2) is 0 Å². The summed E-state index contributed by atoms with van der Waals surface area (Å²) in [6, 6.07) is -1.18. The monoisotopic (exact) mass is 284 g/mol. The summed E-state index contributed by atoms with van der Waals surface area (Å²) in [7, 11) is 0.900. The maximum Gasteiger partial charge on any atom is 0.406 e. The van der Waals surface area contributed by atoms with Crippen molar-refractivity contribution in [2.45, 2.75) is 25.9 Å². The van der Waals surface area contributed by atoms with Crippen molar-refractivity contribution in [3.05, 3.63) is 0 Å². The molecule has 0 saturated heterocycles. The molecule has 0 saturated carbocycles. The van der Waals surface area contributed by atoms with Crippen molar-refractivity contribution in [3.8, 4) is 0 Å². The number of imide groups is 1. The lowest BCUT2D eigenvalue weighted by molar-refractivity contribution is -0.139. The first-order valence-electron chi connectivity index (χ1n) is 5.34. The molecule has 9 heteroatoms. The van der Waals surface area contributed by atoms with E-state index in [1.807, 2.05) is 0 Å². The number of halogens is 3. The Hall–Kier alpha value is -1.80. The molecule has 1 unspecified atom stereocenters. The van der Waals surface area contributed by atoms with E-state index in [4.69, 9.17) is 5.11 Å². The molecule has 0 bridgehead atoms. The Bertz CT molecular complexity index is 357. The molecule has 2 N–H and O–H groups in total. The van der Waals surface area contributed by atoms with Crippen molar-refractivity contribution < 1.29 is 32.7 Å². The molecule has 0 aliphatic carbocycles. The first kappa shape index (κ1) is 17.2. The highest BCUT2D eigenvalue weighted by molar-refractivity contribution is 5.94. The fraction of sp³-hybridized carbons (Fsp3) is 0.700. The number of alkyl halides is 3. The highest BCUT2D eigenvalue weighted by Crippen LogP contribution is 2.15. The molecule has 0 aromatic rings. The first-order chi connectivity index (χ1) is 8.51. The fourth-order valence-corrected chi connectivity index (χ4v) is 1.29. The normalized spacial score (nSPS) is 12.7. The number of urea groups is 1. The van der Waals surface area contributed by atoms with Crippen LogP contribution in [0.15, 0.2) is 0 Å². The van der Waals surface area contributed by atoms with E-state index in [0.717, 1.165) is 7.05 Å². The van der Waals surface area contributed by atoms with E-state index in [1.54, 1.807) is 5.32 Å². The number of carboxylic acids is 1. The zero-order valence-corrected chi connectivity index (χ0v) is 10.5. The highest BCUT2D eigenvalue weighted by atomic mass is 19.4. The Labute approximate surface area is 107 Å². The number of nitrogens with zero attached hydrogens (tertiary/aromatic N) is 1. The average Bonchev–Trinajstić information content (AvgIpc) is 2.12. The topological polar surface area (TPSA) is 86.7 Å². The Balaban J connectivity index is 4.19. The predicted molar refractivity (Wildman–Crippen MR) is 58.3 cm³/mol. The molecule has 1 atom stereocenters. The molecule has 19 heavy (non-hydrogen) atoms. The quantitative estimate of drug-likeness (QED) is 0.794. The third kappa shape index (κ3) is 8.86. The molecule has 6 nitrogen and oxygen atoms in total. The van der Waals surface area contributed by atoms with Crippen LogP contribution in [0.5, 0.6) is 0 Å². The first-order valence-corrected chi connectivity index (χ1v) is 5.34. The van der Waals surface area contributed by atoms with Crippen LogP contribution in [0.3, 0.4) is 0 Å². The Morgan fingerprint density at radius 2 is 1.79 bits per heavy atom. The van der Waals surface area contributed by atoms with Gasteiger partial charge in [-0.1, -0.05) is 6.92 Å². The molecule has 0 aromatic heterocycles. The van der Waals surface area contributed by atoms with Gasteiger partial charge in [0.05, 0.1) is 0 Å². The van der Waals surface area contributed by atoms with Crippen molar-refractivity contribution >= 4 is 17.9 Å². The number of hydrogen-bond donors (Lipinski definition) is 2. The maximum atomic E-state index is 12.0. The van der Waals surface area contributed by atoms with Crippen LogP contribution in [0, 0.1) is 5.92 Å². The van der Waals surface area contributed by atoms with Crippen LogP contribution >= 0.6 is 0 Å². The van der Waals surface area contributed by atoms with Gasteiger partial charge < -0.3 is 10.0 Å². The van der Waals surface area contributed by atoms with E-state index in [-0.39, 0.29) is 12.8 Å². The number of carbonyl (C=O) groups is 3. The summed E-state index contributed by atoms with van der Waals surface area (Å²) < 4.78 is 36.0. The van der Waals surface area contributed by atoms with E-state index in [9.17, 15) is 27.6 Å². The molecule has 0 heterocycles. The van der Waals surface area contributed by atoms with E-state index in [2.05, 4.69) is 0 Å². The Morgan fingerprint density at radius 1 is 1.26 bits per heavy atom. The lowest BCUT2D eigenvalue weighted by Gasteiger charge is -2.19. The number of nitrogens with one attached hydrogen (secondary N) is 1. The smallest absolute Gasteiger partial charge is 0.406 e. The van der Waals surface area contributed by atoms with Gasteiger partial charge in [-0.3, -0.25) is 14.9 Å². The lowest BCUT2D eigenvalue weighted by Crippen LogP contribution is -2.44. The van der Waals surface area contributed by atoms with Gasteiger partial charge in [0.1, 0.15) is 6.54 Å². The summed E-state index contributed by atoms with van der Waals surface area (Å²) in [4.78, 5) is 33.2. The molecule has 0 fully saturated rings. The third-order valence-electron chi connectivity index (χ3n) is 2.07. The van der Waals surface area contributed by atoms with Crippen LogP contribution in [0.1, 0.15) is 19.8 Å².